The molecule has 114 valence electrons. The summed E-state index contributed by atoms with van der Waals surface area (Å²) in [5, 5.41) is 15.6. The number of hydrogen-bond donors (Lipinski definition) is 1. The van der Waals surface area contributed by atoms with Crippen LogP contribution in [0.15, 0.2) is 30.6 Å². The summed E-state index contributed by atoms with van der Waals surface area (Å²) in [6.07, 6.45) is 3.81. The highest BCUT2D eigenvalue weighted by molar-refractivity contribution is 5.88. The van der Waals surface area contributed by atoms with Crippen molar-refractivity contribution in [1.29, 1.82) is 5.26 Å². The molecule has 2 aromatic heterocycles. The molecule has 0 radical (unpaired) electrons. The van der Waals surface area contributed by atoms with Crippen LogP contribution in [0.4, 0.5) is 10.6 Å². The van der Waals surface area contributed by atoms with E-state index in [0.29, 0.717) is 25.3 Å². The summed E-state index contributed by atoms with van der Waals surface area (Å²) in [6, 6.07) is 7.37. The van der Waals surface area contributed by atoms with Gasteiger partial charge in [0.1, 0.15) is 0 Å². The Hall–Kier alpha value is -2.88. The van der Waals surface area contributed by atoms with E-state index in [-0.39, 0.29) is 6.03 Å². The van der Waals surface area contributed by atoms with E-state index in [9.17, 15) is 4.79 Å². The second-order valence-corrected chi connectivity index (χ2v) is 4.95. The summed E-state index contributed by atoms with van der Waals surface area (Å²) in [4.78, 5) is 17.7. The fourth-order valence-corrected chi connectivity index (χ4v) is 2.00. The van der Waals surface area contributed by atoms with Crippen LogP contribution in [0.1, 0.15) is 17.7 Å². The molecule has 2 aromatic rings. The number of anilines is 1. The second kappa shape index (κ2) is 7.22. The molecule has 0 atom stereocenters. The Morgan fingerprint density at radius 2 is 2.36 bits per heavy atom. The van der Waals surface area contributed by atoms with Gasteiger partial charge in [0.15, 0.2) is 5.82 Å². The van der Waals surface area contributed by atoms with Crippen LogP contribution in [-0.2, 0) is 13.1 Å². The third kappa shape index (κ3) is 4.06. The lowest BCUT2D eigenvalue weighted by atomic mass is 10.3. The van der Waals surface area contributed by atoms with Crippen LogP contribution in [0.25, 0.3) is 0 Å². The normalized spacial score (nSPS) is 10.0. The second-order valence-electron chi connectivity index (χ2n) is 4.95. The SMILES string of the molecule is Cc1cc(NC(=O)N(C)Cc2cccnc2)nn1CCC#N. The Labute approximate surface area is 129 Å². The number of aromatic nitrogens is 3. The molecule has 0 saturated carbocycles. The van der Waals surface area contributed by atoms with E-state index in [0.717, 1.165) is 11.3 Å². The van der Waals surface area contributed by atoms with E-state index in [2.05, 4.69) is 21.5 Å². The van der Waals surface area contributed by atoms with Gasteiger partial charge in [-0.25, -0.2) is 4.79 Å². The maximum absolute atomic E-state index is 12.1. The van der Waals surface area contributed by atoms with E-state index < -0.39 is 0 Å². The fourth-order valence-electron chi connectivity index (χ4n) is 2.00. The maximum atomic E-state index is 12.1. The topological polar surface area (TPSA) is 86.8 Å². The number of urea groups is 1. The van der Waals surface area contributed by atoms with Gasteiger partial charge in [-0.2, -0.15) is 10.4 Å². The van der Waals surface area contributed by atoms with Gasteiger partial charge in [0.25, 0.3) is 0 Å². The van der Waals surface area contributed by atoms with E-state index in [1.54, 1.807) is 35.1 Å². The Morgan fingerprint density at radius 1 is 1.55 bits per heavy atom. The number of carbonyl (C=O) groups excluding carboxylic acids is 1. The molecule has 2 amide bonds. The highest BCUT2D eigenvalue weighted by Gasteiger charge is 2.12. The Morgan fingerprint density at radius 3 is 3.05 bits per heavy atom. The number of rotatable bonds is 5. The molecule has 22 heavy (non-hydrogen) atoms. The highest BCUT2D eigenvalue weighted by atomic mass is 16.2. The number of carbonyl (C=O) groups is 1. The number of aryl methyl sites for hydroxylation is 2. The first-order valence-electron chi connectivity index (χ1n) is 6.92. The zero-order valence-electron chi connectivity index (χ0n) is 12.7. The van der Waals surface area contributed by atoms with Gasteiger partial charge in [0.2, 0.25) is 0 Å². The molecule has 1 N–H and O–H groups in total. The molecule has 0 aromatic carbocycles. The van der Waals surface area contributed by atoms with Crippen molar-refractivity contribution in [3.63, 3.8) is 0 Å². The molecule has 0 bridgehead atoms. The zero-order valence-corrected chi connectivity index (χ0v) is 12.7. The van der Waals surface area contributed by atoms with Gasteiger partial charge < -0.3 is 4.90 Å². The van der Waals surface area contributed by atoms with Crippen molar-refractivity contribution < 1.29 is 4.79 Å². The van der Waals surface area contributed by atoms with Crippen molar-refractivity contribution in [3.05, 3.63) is 41.9 Å². The lowest BCUT2D eigenvalue weighted by Crippen LogP contribution is -2.31. The van der Waals surface area contributed by atoms with Crippen LogP contribution < -0.4 is 5.32 Å². The first-order chi connectivity index (χ1) is 10.6. The Kier molecular flexibility index (Phi) is 5.09. The molecule has 0 unspecified atom stereocenters. The van der Waals surface area contributed by atoms with Gasteiger partial charge in [0.05, 0.1) is 19.0 Å². The van der Waals surface area contributed by atoms with Crippen molar-refractivity contribution in [3.8, 4) is 6.07 Å². The molecule has 0 spiro atoms. The van der Waals surface area contributed by atoms with Gasteiger partial charge >= 0.3 is 6.03 Å². The van der Waals surface area contributed by atoms with Crippen LogP contribution >= 0.6 is 0 Å². The molecule has 2 rings (SSSR count). The molecule has 7 heteroatoms. The third-order valence-electron chi connectivity index (χ3n) is 3.14. The molecular weight excluding hydrogens is 280 g/mol. The molecule has 7 nitrogen and oxygen atoms in total. The molecule has 0 aliphatic rings. The quantitative estimate of drug-likeness (QED) is 0.916. The fraction of sp³-hybridized carbons (Fsp3) is 0.333. The molecular formula is C15H18N6O. The van der Waals surface area contributed by atoms with Crippen molar-refractivity contribution in [1.82, 2.24) is 19.7 Å². The van der Waals surface area contributed by atoms with Gasteiger partial charge in [-0.1, -0.05) is 6.07 Å². The van der Waals surface area contributed by atoms with Crippen LogP contribution in [-0.4, -0.2) is 32.7 Å². The Bertz CT molecular complexity index is 673. The van der Waals surface area contributed by atoms with E-state index in [4.69, 9.17) is 5.26 Å². The number of nitriles is 1. The van der Waals surface area contributed by atoms with Crippen molar-refractivity contribution in [2.75, 3.05) is 12.4 Å². The molecule has 0 aliphatic carbocycles. The average Bonchev–Trinajstić information content (AvgIpc) is 2.85. The van der Waals surface area contributed by atoms with Crippen LogP contribution in [0.3, 0.4) is 0 Å². The third-order valence-corrected chi connectivity index (χ3v) is 3.14. The number of hydrogen-bond acceptors (Lipinski definition) is 4. The highest BCUT2D eigenvalue weighted by Crippen LogP contribution is 2.10. The van der Waals surface area contributed by atoms with E-state index in [1.165, 1.54) is 0 Å². The molecule has 0 saturated heterocycles. The molecule has 2 heterocycles. The summed E-state index contributed by atoms with van der Waals surface area (Å²) in [7, 11) is 1.71. The van der Waals surface area contributed by atoms with E-state index >= 15 is 0 Å². The van der Waals surface area contributed by atoms with E-state index in [1.807, 2.05) is 19.1 Å². The monoisotopic (exact) mass is 298 g/mol. The Balaban J connectivity index is 1.95. The lowest BCUT2D eigenvalue weighted by molar-refractivity contribution is 0.220. The predicted octanol–water partition coefficient (Wildman–Crippen LogP) is 2.16. The van der Waals surface area contributed by atoms with Gasteiger partial charge in [-0.3, -0.25) is 15.0 Å². The minimum absolute atomic E-state index is 0.242. The predicted molar refractivity (Wildman–Crippen MR) is 81.9 cm³/mol. The van der Waals surface area contributed by atoms with Crippen LogP contribution in [0.5, 0.6) is 0 Å². The lowest BCUT2D eigenvalue weighted by Gasteiger charge is -2.16. The summed E-state index contributed by atoms with van der Waals surface area (Å²) in [5.74, 6) is 0.485. The minimum atomic E-state index is -0.242. The summed E-state index contributed by atoms with van der Waals surface area (Å²) in [5.41, 5.74) is 1.86. The number of nitrogens with one attached hydrogen (secondary N) is 1. The van der Waals surface area contributed by atoms with Crippen molar-refractivity contribution >= 4 is 11.8 Å². The van der Waals surface area contributed by atoms with Crippen LogP contribution in [0, 0.1) is 18.3 Å². The van der Waals surface area contributed by atoms with Gasteiger partial charge in [0, 0.05) is 37.7 Å². The molecule has 0 fully saturated rings. The van der Waals surface area contributed by atoms with Crippen molar-refractivity contribution in [2.24, 2.45) is 0 Å². The first kappa shape index (κ1) is 15.5. The first-order valence-corrected chi connectivity index (χ1v) is 6.92. The number of amides is 2. The summed E-state index contributed by atoms with van der Waals surface area (Å²) >= 11 is 0. The van der Waals surface area contributed by atoms with Crippen molar-refractivity contribution in [2.45, 2.75) is 26.4 Å². The van der Waals surface area contributed by atoms with Gasteiger partial charge in [-0.15, -0.1) is 0 Å². The average molecular weight is 298 g/mol. The summed E-state index contributed by atoms with van der Waals surface area (Å²) < 4.78 is 1.71. The largest absolute Gasteiger partial charge is 0.323 e. The van der Waals surface area contributed by atoms with Gasteiger partial charge in [-0.05, 0) is 18.6 Å². The maximum Gasteiger partial charge on any atom is 0.323 e. The van der Waals surface area contributed by atoms with Crippen LogP contribution in [0.2, 0.25) is 0 Å². The summed E-state index contributed by atoms with van der Waals surface area (Å²) in [6.45, 7) is 2.87. The zero-order chi connectivity index (χ0) is 15.9. The molecule has 0 aliphatic heterocycles. The standard InChI is InChI=1S/C15H18N6O/c1-12-9-14(19-21(12)8-4-6-16)18-15(22)20(2)11-13-5-3-7-17-10-13/h3,5,7,9-10H,4,8,11H2,1-2H3,(H,18,19,22). The number of nitrogens with zero attached hydrogens (tertiary/aromatic N) is 5. The number of pyridine rings is 1. The smallest absolute Gasteiger partial charge is 0.323 e. The minimum Gasteiger partial charge on any atom is -0.323 e.